The predicted molar refractivity (Wildman–Crippen MR) is 76.8 cm³/mol. The number of aliphatic hydroxyl groups is 2. The molecule has 5 nitrogen and oxygen atoms in total. The predicted octanol–water partition coefficient (Wildman–Crippen LogP) is -0.647. The highest BCUT2D eigenvalue weighted by atomic mass is 16.4. The van der Waals surface area contributed by atoms with Gasteiger partial charge in [-0.15, -0.1) is 0 Å². The zero-order chi connectivity index (χ0) is 15.3. The summed E-state index contributed by atoms with van der Waals surface area (Å²) in [6, 6.07) is 6.90. The van der Waals surface area contributed by atoms with Gasteiger partial charge in [-0.3, -0.25) is 0 Å². The van der Waals surface area contributed by atoms with Crippen molar-refractivity contribution in [2.75, 3.05) is 0 Å². The molecule has 1 aromatic carbocycles. The quantitative estimate of drug-likeness (QED) is 0.469. The summed E-state index contributed by atoms with van der Waals surface area (Å²) in [4.78, 5) is 0. The third-order valence-electron chi connectivity index (χ3n) is 2.98. The standard InChI is InChI=1S/C7H10BNO2.C6H14O2/c9-5-6-2-1-3-7(4-6)8(10)11;1-5(2,7)6(3,4)8/h1-4,10-11H,5,9H2;7-8H,1-4H3. The number of nitrogens with two attached hydrogens (primary N) is 1. The molecule has 1 aromatic rings. The molecule has 0 heterocycles. The molecule has 0 aliphatic heterocycles. The van der Waals surface area contributed by atoms with Gasteiger partial charge in [0.2, 0.25) is 0 Å². The second-order valence-corrected chi connectivity index (χ2v) is 5.44. The van der Waals surface area contributed by atoms with E-state index in [0.717, 1.165) is 5.56 Å². The molecule has 0 amide bonds. The van der Waals surface area contributed by atoms with Gasteiger partial charge in [0.25, 0.3) is 0 Å². The largest absolute Gasteiger partial charge is 0.488 e. The summed E-state index contributed by atoms with van der Waals surface area (Å²) in [6.07, 6.45) is 0. The zero-order valence-electron chi connectivity index (χ0n) is 12.0. The van der Waals surface area contributed by atoms with Gasteiger partial charge < -0.3 is 26.0 Å². The summed E-state index contributed by atoms with van der Waals surface area (Å²) in [5.41, 5.74) is 4.72. The van der Waals surface area contributed by atoms with Crippen molar-refractivity contribution in [2.45, 2.75) is 45.4 Å². The second-order valence-electron chi connectivity index (χ2n) is 5.44. The normalized spacial score (nSPS) is 11.6. The van der Waals surface area contributed by atoms with Crippen molar-refractivity contribution in [1.82, 2.24) is 0 Å². The fraction of sp³-hybridized carbons (Fsp3) is 0.538. The molecular weight excluding hydrogens is 245 g/mol. The van der Waals surface area contributed by atoms with Crippen molar-refractivity contribution < 1.29 is 20.3 Å². The molecule has 0 unspecified atom stereocenters. The third-order valence-corrected chi connectivity index (χ3v) is 2.98. The molecule has 108 valence electrons. The lowest BCUT2D eigenvalue weighted by atomic mass is 9.80. The summed E-state index contributed by atoms with van der Waals surface area (Å²) >= 11 is 0. The van der Waals surface area contributed by atoms with E-state index < -0.39 is 18.3 Å². The van der Waals surface area contributed by atoms with Gasteiger partial charge in [0, 0.05) is 6.54 Å². The lowest BCUT2D eigenvalue weighted by molar-refractivity contribution is -0.107. The van der Waals surface area contributed by atoms with E-state index in [1.54, 1.807) is 45.9 Å². The second kappa shape index (κ2) is 7.02. The van der Waals surface area contributed by atoms with Gasteiger partial charge in [-0.05, 0) is 38.7 Å². The van der Waals surface area contributed by atoms with Crippen molar-refractivity contribution in [3.63, 3.8) is 0 Å². The molecule has 6 heteroatoms. The van der Waals surface area contributed by atoms with Gasteiger partial charge >= 0.3 is 7.12 Å². The van der Waals surface area contributed by atoms with Crippen LogP contribution >= 0.6 is 0 Å². The first kappa shape index (κ1) is 18.1. The molecule has 0 aromatic heterocycles. The van der Waals surface area contributed by atoms with Crippen molar-refractivity contribution >= 4 is 12.6 Å². The summed E-state index contributed by atoms with van der Waals surface area (Å²) in [7, 11) is -1.40. The average Bonchev–Trinajstić information content (AvgIpc) is 2.27. The molecule has 0 radical (unpaired) electrons. The maximum atomic E-state index is 9.10. The van der Waals surface area contributed by atoms with Crippen LogP contribution in [0.3, 0.4) is 0 Å². The third kappa shape index (κ3) is 6.70. The first-order chi connectivity index (χ1) is 8.49. The molecular formula is C13H24BNO4. The maximum absolute atomic E-state index is 9.10. The SMILES string of the molecule is CC(C)(O)C(C)(C)O.NCc1cccc(B(O)O)c1. The Hall–Kier alpha value is -0.915. The molecule has 0 saturated heterocycles. The Bertz CT molecular complexity index is 371. The molecule has 0 aliphatic rings. The Morgan fingerprint density at radius 2 is 1.53 bits per heavy atom. The highest BCUT2D eigenvalue weighted by molar-refractivity contribution is 6.58. The zero-order valence-corrected chi connectivity index (χ0v) is 12.0. The van der Waals surface area contributed by atoms with E-state index in [-0.39, 0.29) is 0 Å². The smallest absolute Gasteiger partial charge is 0.423 e. The van der Waals surface area contributed by atoms with E-state index in [9.17, 15) is 0 Å². The van der Waals surface area contributed by atoms with Crippen LogP contribution in [-0.4, -0.2) is 38.6 Å². The van der Waals surface area contributed by atoms with Gasteiger partial charge in [-0.1, -0.05) is 24.3 Å². The molecule has 0 aliphatic carbocycles. The molecule has 19 heavy (non-hydrogen) atoms. The van der Waals surface area contributed by atoms with Gasteiger partial charge in [0.15, 0.2) is 0 Å². The van der Waals surface area contributed by atoms with Crippen LogP contribution in [0.15, 0.2) is 24.3 Å². The highest BCUT2D eigenvalue weighted by Crippen LogP contribution is 2.19. The van der Waals surface area contributed by atoms with Crippen molar-refractivity contribution in [3.05, 3.63) is 29.8 Å². The van der Waals surface area contributed by atoms with E-state index in [4.69, 9.17) is 26.0 Å². The van der Waals surface area contributed by atoms with Gasteiger partial charge in [0.1, 0.15) is 0 Å². The Morgan fingerprint density at radius 1 is 1.05 bits per heavy atom. The minimum atomic E-state index is -1.40. The van der Waals surface area contributed by atoms with Crippen LogP contribution in [0.1, 0.15) is 33.3 Å². The summed E-state index contributed by atoms with van der Waals surface area (Å²) in [5.74, 6) is 0. The monoisotopic (exact) mass is 269 g/mol. The first-order valence-corrected chi connectivity index (χ1v) is 6.09. The minimum Gasteiger partial charge on any atom is -0.423 e. The summed E-state index contributed by atoms with van der Waals surface area (Å²) in [6.45, 7) is 6.72. The molecule has 0 atom stereocenters. The van der Waals surface area contributed by atoms with Crippen LogP contribution in [-0.2, 0) is 6.54 Å². The average molecular weight is 269 g/mol. The number of rotatable bonds is 3. The molecule has 0 fully saturated rings. The van der Waals surface area contributed by atoms with E-state index in [1.165, 1.54) is 0 Å². The van der Waals surface area contributed by atoms with Crippen molar-refractivity contribution in [2.24, 2.45) is 5.73 Å². The van der Waals surface area contributed by atoms with Crippen LogP contribution in [0, 0.1) is 0 Å². The van der Waals surface area contributed by atoms with Gasteiger partial charge in [-0.25, -0.2) is 0 Å². The molecule has 0 spiro atoms. The molecule has 6 N–H and O–H groups in total. The fourth-order valence-electron chi connectivity index (χ4n) is 0.881. The molecule has 0 bridgehead atoms. The Morgan fingerprint density at radius 3 is 1.84 bits per heavy atom. The van der Waals surface area contributed by atoms with E-state index >= 15 is 0 Å². The van der Waals surface area contributed by atoms with Crippen LogP contribution in [0.5, 0.6) is 0 Å². The van der Waals surface area contributed by atoms with Crippen LogP contribution < -0.4 is 11.2 Å². The first-order valence-electron chi connectivity index (χ1n) is 6.09. The Labute approximate surface area is 114 Å². The Balaban J connectivity index is 0.000000362. The number of benzene rings is 1. The minimum absolute atomic E-state index is 0.417. The maximum Gasteiger partial charge on any atom is 0.488 e. The lowest BCUT2D eigenvalue weighted by Crippen LogP contribution is -2.44. The van der Waals surface area contributed by atoms with Crippen LogP contribution in [0.2, 0.25) is 0 Å². The highest BCUT2D eigenvalue weighted by Gasteiger charge is 2.31. The van der Waals surface area contributed by atoms with Gasteiger partial charge in [0.05, 0.1) is 11.2 Å². The van der Waals surface area contributed by atoms with Crippen molar-refractivity contribution in [1.29, 1.82) is 0 Å². The summed E-state index contributed by atoms with van der Waals surface area (Å²) in [5, 5.41) is 35.7. The van der Waals surface area contributed by atoms with E-state index in [0.29, 0.717) is 12.0 Å². The van der Waals surface area contributed by atoms with E-state index in [2.05, 4.69) is 0 Å². The van der Waals surface area contributed by atoms with Crippen molar-refractivity contribution in [3.8, 4) is 0 Å². The number of hydrogen-bond donors (Lipinski definition) is 5. The lowest BCUT2D eigenvalue weighted by Gasteiger charge is -2.31. The van der Waals surface area contributed by atoms with E-state index in [1.807, 2.05) is 6.07 Å². The summed E-state index contributed by atoms with van der Waals surface area (Å²) < 4.78 is 0. The van der Waals surface area contributed by atoms with Gasteiger partial charge in [-0.2, -0.15) is 0 Å². The topological polar surface area (TPSA) is 107 Å². The van der Waals surface area contributed by atoms with Crippen LogP contribution in [0.25, 0.3) is 0 Å². The van der Waals surface area contributed by atoms with Crippen LogP contribution in [0.4, 0.5) is 0 Å². The Kier molecular flexibility index (Phi) is 6.69. The molecule has 1 rings (SSSR count). The number of hydrogen-bond acceptors (Lipinski definition) is 5. The molecule has 0 saturated carbocycles. The fourth-order valence-corrected chi connectivity index (χ4v) is 0.881.